The lowest BCUT2D eigenvalue weighted by atomic mass is 10.0. The lowest BCUT2D eigenvalue weighted by molar-refractivity contribution is 0.0996. The summed E-state index contributed by atoms with van der Waals surface area (Å²) in [5.41, 5.74) is 11.5. The van der Waals surface area contributed by atoms with Crippen LogP contribution in [0.5, 0.6) is 0 Å². The summed E-state index contributed by atoms with van der Waals surface area (Å²) < 4.78 is 28.2. The van der Waals surface area contributed by atoms with E-state index in [0.717, 1.165) is 6.07 Å². The molecule has 7 nitrogen and oxygen atoms in total. The first-order valence-electron chi connectivity index (χ1n) is 7.36. The molecule has 132 valence electrons. The summed E-state index contributed by atoms with van der Waals surface area (Å²) in [7, 11) is 0. The minimum atomic E-state index is -0.879. The summed E-state index contributed by atoms with van der Waals surface area (Å²) in [6.07, 6.45) is 1.36. The van der Waals surface area contributed by atoms with Crippen LogP contribution in [0.3, 0.4) is 0 Å². The van der Waals surface area contributed by atoms with Crippen molar-refractivity contribution in [3.05, 3.63) is 66.0 Å². The number of aromatic nitrogens is 2. The Morgan fingerprint density at radius 1 is 1.00 bits per heavy atom. The van der Waals surface area contributed by atoms with Crippen molar-refractivity contribution in [1.29, 1.82) is 0 Å². The van der Waals surface area contributed by atoms with E-state index in [0.29, 0.717) is 16.8 Å². The Morgan fingerprint density at radius 3 is 2.31 bits per heavy atom. The molecule has 0 saturated carbocycles. The van der Waals surface area contributed by atoms with E-state index < -0.39 is 23.6 Å². The first-order chi connectivity index (χ1) is 12.3. The number of nitrogens with one attached hydrogen (secondary N) is 1. The molecule has 3 amide bonds. The Balaban J connectivity index is 2.05. The van der Waals surface area contributed by atoms with Gasteiger partial charge in [0.2, 0.25) is 0 Å². The van der Waals surface area contributed by atoms with E-state index in [9.17, 15) is 18.4 Å². The van der Waals surface area contributed by atoms with Crippen LogP contribution in [-0.2, 0) is 0 Å². The predicted molar refractivity (Wildman–Crippen MR) is 90.6 cm³/mol. The van der Waals surface area contributed by atoms with Gasteiger partial charge in [0.15, 0.2) is 5.69 Å². The van der Waals surface area contributed by atoms with E-state index in [1.165, 1.54) is 23.0 Å². The molecule has 0 fully saturated rings. The average molecular weight is 357 g/mol. The van der Waals surface area contributed by atoms with Gasteiger partial charge >= 0.3 is 6.03 Å². The molecule has 0 aliphatic carbocycles. The van der Waals surface area contributed by atoms with Gasteiger partial charge in [-0.2, -0.15) is 5.10 Å². The number of amides is 3. The van der Waals surface area contributed by atoms with Crippen LogP contribution in [0.25, 0.3) is 16.8 Å². The number of halogens is 2. The molecule has 0 unspecified atom stereocenters. The van der Waals surface area contributed by atoms with Crippen molar-refractivity contribution in [1.82, 2.24) is 9.78 Å². The number of benzene rings is 2. The standard InChI is InChI=1S/C17H13F2N5O2/c18-11-4-10(5-12(19)7-11)9-2-1-3-13(6-9)24-8-14(22-17(21)26)15(23-24)16(20)25/h1-8H,(H2,20,25)(H3,21,22,26). The van der Waals surface area contributed by atoms with Gasteiger partial charge in [-0.1, -0.05) is 12.1 Å². The number of hydrogen-bond donors (Lipinski definition) is 3. The number of anilines is 1. The molecule has 2 aromatic carbocycles. The molecule has 3 rings (SSSR count). The highest BCUT2D eigenvalue weighted by Crippen LogP contribution is 2.25. The van der Waals surface area contributed by atoms with Gasteiger partial charge in [0.1, 0.15) is 11.6 Å². The molecule has 26 heavy (non-hydrogen) atoms. The summed E-state index contributed by atoms with van der Waals surface area (Å²) >= 11 is 0. The smallest absolute Gasteiger partial charge is 0.316 e. The van der Waals surface area contributed by atoms with E-state index in [1.54, 1.807) is 24.3 Å². The van der Waals surface area contributed by atoms with Crippen LogP contribution >= 0.6 is 0 Å². The van der Waals surface area contributed by atoms with Crippen LogP contribution in [0.4, 0.5) is 19.3 Å². The normalized spacial score (nSPS) is 10.5. The number of nitrogens with two attached hydrogens (primary N) is 2. The quantitative estimate of drug-likeness (QED) is 0.666. The zero-order valence-corrected chi connectivity index (χ0v) is 13.2. The second-order valence-corrected chi connectivity index (χ2v) is 5.40. The van der Waals surface area contributed by atoms with E-state index in [2.05, 4.69) is 10.4 Å². The molecule has 0 atom stereocenters. The molecule has 9 heteroatoms. The molecule has 1 aromatic heterocycles. The number of urea groups is 1. The van der Waals surface area contributed by atoms with Gasteiger partial charge in [0, 0.05) is 6.07 Å². The van der Waals surface area contributed by atoms with Gasteiger partial charge in [-0.15, -0.1) is 0 Å². The van der Waals surface area contributed by atoms with Gasteiger partial charge in [0.05, 0.1) is 17.6 Å². The first-order valence-corrected chi connectivity index (χ1v) is 7.36. The predicted octanol–water partition coefficient (Wildman–Crippen LogP) is 2.41. The van der Waals surface area contributed by atoms with Crippen molar-refractivity contribution in [2.24, 2.45) is 11.5 Å². The van der Waals surface area contributed by atoms with Crippen LogP contribution in [0.1, 0.15) is 10.5 Å². The van der Waals surface area contributed by atoms with E-state index in [-0.39, 0.29) is 11.4 Å². The maximum Gasteiger partial charge on any atom is 0.316 e. The highest BCUT2D eigenvalue weighted by Gasteiger charge is 2.16. The number of nitrogens with zero attached hydrogens (tertiary/aromatic N) is 2. The molecule has 0 radical (unpaired) electrons. The number of hydrogen-bond acceptors (Lipinski definition) is 3. The highest BCUT2D eigenvalue weighted by atomic mass is 19.1. The Bertz CT molecular complexity index is 996. The summed E-state index contributed by atoms with van der Waals surface area (Å²) in [6.45, 7) is 0. The maximum absolute atomic E-state index is 13.4. The maximum atomic E-state index is 13.4. The van der Waals surface area contributed by atoms with E-state index >= 15 is 0 Å². The van der Waals surface area contributed by atoms with Crippen LogP contribution in [0.15, 0.2) is 48.7 Å². The Labute approximate surface area is 146 Å². The zero-order valence-electron chi connectivity index (χ0n) is 13.2. The molecule has 3 aromatic rings. The fourth-order valence-electron chi connectivity index (χ4n) is 2.46. The lowest BCUT2D eigenvalue weighted by Gasteiger charge is -2.06. The number of carbonyl (C=O) groups excluding carboxylic acids is 2. The second-order valence-electron chi connectivity index (χ2n) is 5.40. The van der Waals surface area contributed by atoms with Gasteiger partial charge < -0.3 is 16.8 Å². The van der Waals surface area contributed by atoms with Crippen LogP contribution in [0.2, 0.25) is 0 Å². The van der Waals surface area contributed by atoms with Crippen molar-refractivity contribution >= 4 is 17.6 Å². The molecule has 0 saturated heterocycles. The topological polar surface area (TPSA) is 116 Å². The lowest BCUT2D eigenvalue weighted by Crippen LogP contribution is -2.22. The third-order valence-electron chi connectivity index (χ3n) is 3.51. The van der Waals surface area contributed by atoms with E-state index in [1.807, 2.05) is 0 Å². The number of primary amides is 2. The van der Waals surface area contributed by atoms with Crippen molar-refractivity contribution in [2.45, 2.75) is 0 Å². The van der Waals surface area contributed by atoms with Crippen molar-refractivity contribution < 1.29 is 18.4 Å². The number of rotatable bonds is 4. The minimum absolute atomic E-state index is 0.0483. The molecule has 0 aliphatic rings. The van der Waals surface area contributed by atoms with Crippen molar-refractivity contribution in [2.75, 3.05) is 5.32 Å². The molecule has 0 aliphatic heterocycles. The molecular formula is C17H13F2N5O2. The van der Waals surface area contributed by atoms with Crippen LogP contribution in [-0.4, -0.2) is 21.7 Å². The summed E-state index contributed by atoms with van der Waals surface area (Å²) in [6, 6.07) is 8.88. The highest BCUT2D eigenvalue weighted by molar-refractivity contribution is 6.00. The average Bonchev–Trinajstić information content (AvgIpc) is 2.97. The monoisotopic (exact) mass is 357 g/mol. The first kappa shape index (κ1) is 17.1. The van der Waals surface area contributed by atoms with Crippen molar-refractivity contribution in [3.8, 4) is 16.8 Å². The Morgan fingerprint density at radius 2 is 1.69 bits per heavy atom. The Hall–Kier alpha value is -3.75. The second kappa shape index (κ2) is 6.63. The van der Waals surface area contributed by atoms with Gasteiger partial charge in [-0.3, -0.25) is 4.79 Å². The van der Waals surface area contributed by atoms with Crippen LogP contribution in [0, 0.1) is 11.6 Å². The zero-order chi connectivity index (χ0) is 18.8. The molecule has 0 spiro atoms. The molecule has 0 bridgehead atoms. The van der Waals surface area contributed by atoms with Gasteiger partial charge in [-0.25, -0.2) is 18.3 Å². The van der Waals surface area contributed by atoms with Crippen LogP contribution < -0.4 is 16.8 Å². The molecular weight excluding hydrogens is 344 g/mol. The fourth-order valence-corrected chi connectivity index (χ4v) is 2.46. The molecule has 5 N–H and O–H groups in total. The van der Waals surface area contributed by atoms with Crippen molar-refractivity contribution in [3.63, 3.8) is 0 Å². The van der Waals surface area contributed by atoms with E-state index in [4.69, 9.17) is 11.5 Å². The summed E-state index contributed by atoms with van der Waals surface area (Å²) in [5.74, 6) is -2.25. The van der Waals surface area contributed by atoms with Gasteiger partial charge in [0.25, 0.3) is 5.91 Å². The summed E-state index contributed by atoms with van der Waals surface area (Å²) in [5, 5.41) is 6.29. The SMILES string of the molecule is NC(=O)Nc1cn(-c2cccc(-c3cc(F)cc(F)c3)c2)nc1C(N)=O. The minimum Gasteiger partial charge on any atom is -0.364 e. The fraction of sp³-hybridized carbons (Fsp3) is 0. The molecule has 1 heterocycles. The largest absolute Gasteiger partial charge is 0.364 e. The van der Waals surface area contributed by atoms with Gasteiger partial charge in [-0.05, 0) is 35.4 Å². The Kier molecular flexibility index (Phi) is 4.36. The summed E-state index contributed by atoms with van der Waals surface area (Å²) in [4.78, 5) is 22.5. The third kappa shape index (κ3) is 3.51. The third-order valence-corrected chi connectivity index (χ3v) is 3.51. The number of carbonyl (C=O) groups is 2.